The van der Waals surface area contributed by atoms with Crippen LogP contribution in [-0.4, -0.2) is 14.9 Å². The summed E-state index contributed by atoms with van der Waals surface area (Å²) >= 11 is 0. The molecule has 0 aromatic heterocycles. The standard InChI is InChI=1S/C21H34OSi/c1-10-17-12-13-19(18(11-2)16-17)21(6,7)14-15-22-23(8,9)20(3,4)5/h10-13,16H,1-2,14-15H2,3-9H3. The van der Waals surface area contributed by atoms with Crippen molar-refractivity contribution in [2.75, 3.05) is 6.61 Å². The van der Waals surface area contributed by atoms with Crippen LogP contribution in [-0.2, 0) is 9.84 Å². The first-order chi connectivity index (χ1) is 10.4. The van der Waals surface area contributed by atoms with Crippen molar-refractivity contribution in [2.24, 2.45) is 0 Å². The van der Waals surface area contributed by atoms with Crippen molar-refractivity contribution in [3.8, 4) is 0 Å². The molecule has 128 valence electrons. The molecule has 0 fully saturated rings. The lowest BCUT2D eigenvalue weighted by Gasteiger charge is -2.37. The second kappa shape index (κ2) is 7.19. The fourth-order valence-corrected chi connectivity index (χ4v) is 3.45. The molecule has 0 bridgehead atoms. The Bertz CT molecular complexity index is 562. The van der Waals surface area contributed by atoms with Gasteiger partial charge >= 0.3 is 0 Å². The van der Waals surface area contributed by atoms with Crippen molar-refractivity contribution >= 4 is 20.5 Å². The van der Waals surface area contributed by atoms with Crippen molar-refractivity contribution in [1.82, 2.24) is 0 Å². The number of rotatable bonds is 7. The first-order valence-corrected chi connectivity index (χ1v) is 11.4. The fourth-order valence-electron chi connectivity index (χ4n) is 2.41. The molecule has 1 rings (SSSR count). The van der Waals surface area contributed by atoms with Crippen LogP contribution in [0.1, 0.15) is 57.7 Å². The molecule has 0 saturated carbocycles. The van der Waals surface area contributed by atoms with E-state index in [9.17, 15) is 0 Å². The summed E-state index contributed by atoms with van der Waals surface area (Å²) in [4.78, 5) is 0. The first-order valence-electron chi connectivity index (χ1n) is 8.48. The molecule has 1 aromatic carbocycles. The highest BCUT2D eigenvalue weighted by Crippen LogP contribution is 2.38. The molecule has 0 heterocycles. The summed E-state index contributed by atoms with van der Waals surface area (Å²) in [5.41, 5.74) is 3.72. The van der Waals surface area contributed by atoms with E-state index in [1.54, 1.807) is 0 Å². The molecule has 0 aliphatic heterocycles. The molecule has 0 aliphatic carbocycles. The minimum atomic E-state index is -1.68. The highest BCUT2D eigenvalue weighted by molar-refractivity contribution is 6.74. The Morgan fingerprint density at radius 1 is 1.04 bits per heavy atom. The van der Waals surface area contributed by atoms with Gasteiger partial charge in [-0.15, -0.1) is 0 Å². The van der Waals surface area contributed by atoms with Crippen LogP contribution < -0.4 is 0 Å². The van der Waals surface area contributed by atoms with Gasteiger partial charge in [0.1, 0.15) is 0 Å². The van der Waals surface area contributed by atoms with Crippen LogP contribution in [0, 0.1) is 0 Å². The van der Waals surface area contributed by atoms with E-state index in [4.69, 9.17) is 4.43 Å². The lowest BCUT2D eigenvalue weighted by atomic mass is 9.79. The van der Waals surface area contributed by atoms with E-state index >= 15 is 0 Å². The van der Waals surface area contributed by atoms with Gasteiger partial charge in [0, 0.05) is 6.61 Å². The van der Waals surface area contributed by atoms with Crippen LogP contribution in [0.5, 0.6) is 0 Å². The molecule has 2 heteroatoms. The average molecular weight is 331 g/mol. The normalized spacial score (nSPS) is 13.0. The predicted molar refractivity (Wildman–Crippen MR) is 107 cm³/mol. The van der Waals surface area contributed by atoms with E-state index in [1.807, 2.05) is 12.2 Å². The van der Waals surface area contributed by atoms with E-state index in [1.165, 1.54) is 11.1 Å². The smallest absolute Gasteiger partial charge is 0.191 e. The topological polar surface area (TPSA) is 9.23 Å². The summed E-state index contributed by atoms with van der Waals surface area (Å²) in [6.07, 6.45) is 4.83. The van der Waals surface area contributed by atoms with E-state index in [2.05, 4.69) is 79.1 Å². The zero-order valence-electron chi connectivity index (χ0n) is 16.1. The third-order valence-corrected chi connectivity index (χ3v) is 9.79. The predicted octanol–water partition coefficient (Wildman–Crippen LogP) is 6.66. The molecule has 0 aliphatic rings. The lowest BCUT2D eigenvalue weighted by Crippen LogP contribution is -2.41. The van der Waals surface area contributed by atoms with Crippen molar-refractivity contribution in [2.45, 2.75) is 64.6 Å². The quantitative estimate of drug-likeness (QED) is 0.508. The van der Waals surface area contributed by atoms with E-state index in [-0.39, 0.29) is 10.5 Å². The minimum Gasteiger partial charge on any atom is -0.417 e. The van der Waals surface area contributed by atoms with Crippen molar-refractivity contribution in [1.29, 1.82) is 0 Å². The Hall–Kier alpha value is -1.12. The van der Waals surface area contributed by atoms with Gasteiger partial charge in [0.25, 0.3) is 0 Å². The summed E-state index contributed by atoms with van der Waals surface area (Å²) in [5.74, 6) is 0. The summed E-state index contributed by atoms with van der Waals surface area (Å²) in [5, 5.41) is 0.259. The van der Waals surface area contributed by atoms with Crippen LogP contribution >= 0.6 is 0 Å². The SMILES string of the molecule is C=Cc1ccc(C(C)(C)CCO[Si](C)(C)C(C)(C)C)c(C=C)c1. The molecule has 23 heavy (non-hydrogen) atoms. The van der Waals surface area contributed by atoms with Gasteiger partial charge in [-0.1, -0.05) is 72.1 Å². The van der Waals surface area contributed by atoms with E-state index < -0.39 is 8.32 Å². The van der Waals surface area contributed by atoms with Crippen LogP contribution in [0.3, 0.4) is 0 Å². The van der Waals surface area contributed by atoms with Crippen LogP contribution in [0.2, 0.25) is 18.1 Å². The Morgan fingerprint density at radius 3 is 2.13 bits per heavy atom. The van der Waals surface area contributed by atoms with Gasteiger partial charge in [0.2, 0.25) is 0 Å². The Morgan fingerprint density at radius 2 is 1.65 bits per heavy atom. The Labute approximate surface area is 144 Å². The molecule has 1 nitrogen and oxygen atoms in total. The van der Waals surface area contributed by atoms with Gasteiger partial charge in [-0.3, -0.25) is 0 Å². The maximum atomic E-state index is 6.37. The lowest BCUT2D eigenvalue weighted by molar-refractivity contribution is 0.251. The number of hydrogen-bond acceptors (Lipinski definition) is 1. The van der Waals surface area contributed by atoms with Gasteiger partial charge < -0.3 is 4.43 Å². The molecule has 0 amide bonds. The van der Waals surface area contributed by atoms with Crippen molar-refractivity contribution < 1.29 is 4.43 Å². The third-order valence-electron chi connectivity index (χ3n) is 5.26. The monoisotopic (exact) mass is 330 g/mol. The van der Waals surface area contributed by atoms with Gasteiger partial charge in [0.15, 0.2) is 8.32 Å². The zero-order valence-corrected chi connectivity index (χ0v) is 17.1. The van der Waals surface area contributed by atoms with Crippen LogP contribution in [0.15, 0.2) is 31.4 Å². The fraction of sp³-hybridized carbons (Fsp3) is 0.524. The van der Waals surface area contributed by atoms with Crippen molar-refractivity contribution in [3.05, 3.63) is 48.0 Å². The summed E-state index contributed by atoms with van der Waals surface area (Å²) in [6, 6.07) is 6.50. The zero-order chi connectivity index (χ0) is 17.9. The molecule has 0 spiro atoms. The molecule has 0 N–H and O–H groups in total. The maximum Gasteiger partial charge on any atom is 0.191 e. The highest BCUT2D eigenvalue weighted by atomic mass is 28.4. The third kappa shape index (κ3) is 4.92. The van der Waals surface area contributed by atoms with Gasteiger partial charge in [0.05, 0.1) is 0 Å². The molecular formula is C21H34OSi. The molecule has 0 radical (unpaired) electrons. The Kier molecular flexibility index (Phi) is 6.23. The van der Waals surface area contributed by atoms with Crippen molar-refractivity contribution in [3.63, 3.8) is 0 Å². The van der Waals surface area contributed by atoms with Gasteiger partial charge in [-0.05, 0) is 52.7 Å². The molecule has 0 atom stereocenters. The molecule has 0 unspecified atom stereocenters. The van der Waals surface area contributed by atoms with E-state index in [0.29, 0.717) is 0 Å². The second-order valence-electron chi connectivity index (χ2n) is 8.50. The largest absolute Gasteiger partial charge is 0.417 e. The molecule has 0 saturated heterocycles. The summed E-state index contributed by atoms with van der Waals surface area (Å²) < 4.78 is 6.37. The van der Waals surface area contributed by atoms with Crippen LogP contribution in [0.25, 0.3) is 12.2 Å². The van der Waals surface area contributed by atoms with E-state index in [0.717, 1.165) is 18.6 Å². The average Bonchev–Trinajstić information content (AvgIpc) is 2.44. The highest BCUT2D eigenvalue weighted by Gasteiger charge is 2.37. The van der Waals surface area contributed by atoms with Crippen LogP contribution in [0.4, 0.5) is 0 Å². The number of hydrogen-bond donors (Lipinski definition) is 0. The maximum absolute atomic E-state index is 6.37. The second-order valence-corrected chi connectivity index (χ2v) is 13.3. The minimum absolute atomic E-state index is 0.0611. The number of benzene rings is 1. The molecular weight excluding hydrogens is 296 g/mol. The van der Waals surface area contributed by atoms with Gasteiger partial charge in [-0.2, -0.15) is 0 Å². The Balaban J connectivity index is 2.88. The summed E-state index contributed by atoms with van der Waals surface area (Å²) in [7, 11) is -1.68. The first kappa shape index (κ1) is 19.9. The molecule has 1 aromatic rings. The summed E-state index contributed by atoms with van der Waals surface area (Å²) in [6.45, 7) is 24.7. The van der Waals surface area contributed by atoms with Gasteiger partial charge in [-0.25, -0.2) is 0 Å².